The number of aromatic nitrogens is 3. The lowest BCUT2D eigenvalue weighted by molar-refractivity contribution is 0.322. The first-order valence-corrected chi connectivity index (χ1v) is 10.1. The molecule has 2 rings (SSSR count). The smallest absolute Gasteiger partial charge is 0.191 e. The monoisotopic (exact) mass is 476 g/mol. The third-order valence-corrected chi connectivity index (χ3v) is 5.02. The summed E-state index contributed by atoms with van der Waals surface area (Å²) < 4.78 is 2.01. The molecule has 0 aromatic carbocycles. The molecule has 6 nitrogen and oxygen atoms in total. The summed E-state index contributed by atoms with van der Waals surface area (Å²) in [5.74, 6) is 1.91. The van der Waals surface area contributed by atoms with Crippen molar-refractivity contribution in [1.82, 2.24) is 25.4 Å². The van der Waals surface area contributed by atoms with E-state index in [2.05, 4.69) is 34.7 Å². The molecule has 1 aromatic heterocycles. The quantitative estimate of drug-likeness (QED) is 0.232. The second-order valence-electron chi connectivity index (χ2n) is 7.29. The second kappa shape index (κ2) is 14.2. The Bertz CT molecular complexity index is 470. The van der Waals surface area contributed by atoms with E-state index in [1.165, 1.54) is 44.9 Å². The Balaban J connectivity index is 0.00000338. The maximum atomic E-state index is 4.72. The zero-order valence-electron chi connectivity index (χ0n) is 16.5. The molecule has 26 heavy (non-hydrogen) atoms. The first kappa shape index (κ1) is 23.2. The Morgan fingerprint density at radius 3 is 2.62 bits per heavy atom. The summed E-state index contributed by atoms with van der Waals surface area (Å²) in [5.41, 5.74) is 0. The van der Waals surface area contributed by atoms with E-state index < -0.39 is 0 Å². The summed E-state index contributed by atoms with van der Waals surface area (Å²) in [7, 11) is 0. The highest BCUT2D eigenvalue weighted by Gasteiger charge is 2.14. The number of hydrogen-bond donors (Lipinski definition) is 2. The molecule has 0 amide bonds. The standard InChI is InChI=1S/C19H36N6.HI/c1-3-20-19(21-13-7-8-14-25-15-22-23-16-25)24-17(2)11-12-18-9-5-4-6-10-18;/h15-18H,3-14H2,1-2H3,(H2,20,21,24);1H. The van der Waals surface area contributed by atoms with E-state index in [0.717, 1.165) is 44.4 Å². The Morgan fingerprint density at radius 1 is 1.19 bits per heavy atom. The molecule has 2 N–H and O–H groups in total. The van der Waals surface area contributed by atoms with Gasteiger partial charge in [0.1, 0.15) is 12.7 Å². The van der Waals surface area contributed by atoms with E-state index in [1.807, 2.05) is 4.57 Å². The van der Waals surface area contributed by atoms with Gasteiger partial charge in [0.15, 0.2) is 5.96 Å². The molecule has 1 saturated carbocycles. The first-order valence-electron chi connectivity index (χ1n) is 10.1. The summed E-state index contributed by atoms with van der Waals surface area (Å²) in [6.07, 6.45) is 15.5. The number of rotatable bonds is 10. The molecule has 0 bridgehead atoms. The second-order valence-corrected chi connectivity index (χ2v) is 7.29. The van der Waals surface area contributed by atoms with Crippen molar-refractivity contribution in [1.29, 1.82) is 0 Å². The molecule has 7 heteroatoms. The summed E-state index contributed by atoms with van der Waals surface area (Å²) >= 11 is 0. The molecule has 1 unspecified atom stereocenters. The Labute approximate surface area is 176 Å². The fourth-order valence-electron chi connectivity index (χ4n) is 3.52. The van der Waals surface area contributed by atoms with Crippen LogP contribution in [0.1, 0.15) is 71.6 Å². The molecule has 1 heterocycles. The maximum Gasteiger partial charge on any atom is 0.191 e. The number of halogens is 1. The Kier molecular flexibility index (Phi) is 12.7. The van der Waals surface area contributed by atoms with Crippen molar-refractivity contribution in [3.8, 4) is 0 Å². The lowest BCUT2D eigenvalue weighted by Crippen LogP contribution is -2.42. The molecule has 0 aliphatic heterocycles. The van der Waals surface area contributed by atoms with Gasteiger partial charge in [-0.3, -0.25) is 4.99 Å². The minimum Gasteiger partial charge on any atom is -0.357 e. The van der Waals surface area contributed by atoms with Crippen LogP contribution in [0.25, 0.3) is 0 Å². The van der Waals surface area contributed by atoms with Gasteiger partial charge in [-0.05, 0) is 45.4 Å². The number of aryl methyl sites for hydroxylation is 1. The molecule has 0 saturated heterocycles. The molecule has 1 fully saturated rings. The number of nitrogens with one attached hydrogen (secondary N) is 2. The van der Waals surface area contributed by atoms with Gasteiger partial charge in [-0.2, -0.15) is 0 Å². The van der Waals surface area contributed by atoms with Crippen molar-refractivity contribution in [3.63, 3.8) is 0 Å². The van der Waals surface area contributed by atoms with E-state index in [1.54, 1.807) is 12.7 Å². The highest BCUT2D eigenvalue weighted by atomic mass is 127. The Morgan fingerprint density at radius 2 is 1.92 bits per heavy atom. The number of nitrogens with zero attached hydrogens (tertiary/aromatic N) is 4. The summed E-state index contributed by atoms with van der Waals surface area (Å²) in [5, 5.41) is 14.6. The van der Waals surface area contributed by atoms with Gasteiger partial charge in [-0.1, -0.05) is 32.1 Å². The predicted octanol–water partition coefficient (Wildman–Crippen LogP) is 3.98. The van der Waals surface area contributed by atoms with Gasteiger partial charge >= 0.3 is 0 Å². The third kappa shape index (κ3) is 9.73. The van der Waals surface area contributed by atoms with E-state index in [-0.39, 0.29) is 24.0 Å². The molecule has 1 aliphatic rings. The SMILES string of the molecule is CCNC(=NCCCCn1cnnc1)NC(C)CCC1CCCCC1.I. The van der Waals surface area contributed by atoms with Gasteiger partial charge in [0, 0.05) is 25.7 Å². The Hall–Kier alpha value is -0.860. The highest BCUT2D eigenvalue weighted by Crippen LogP contribution is 2.27. The van der Waals surface area contributed by atoms with Crippen molar-refractivity contribution in [2.24, 2.45) is 10.9 Å². The van der Waals surface area contributed by atoms with Crippen LogP contribution in [0.4, 0.5) is 0 Å². The molecule has 0 spiro atoms. The molecule has 150 valence electrons. The van der Waals surface area contributed by atoms with E-state index in [0.29, 0.717) is 6.04 Å². The van der Waals surface area contributed by atoms with E-state index in [9.17, 15) is 0 Å². The fraction of sp³-hybridized carbons (Fsp3) is 0.842. The minimum atomic E-state index is 0. The van der Waals surface area contributed by atoms with Crippen LogP contribution in [0, 0.1) is 5.92 Å². The fourth-order valence-corrected chi connectivity index (χ4v) is 3.52. The van der Waals surface area contributed by atoms with E-state index in [4.69, 9.17) is 4.99 Å². The number of guanidine groups is 1. The topological polar surface area (TPSA) is 67.1 Å². The maximum absolute atomic E-state index is 4.72. The van der Waals surface area contributed by atoms with Gasteiger partial charge in [0.05, 0.1) is 0 Å². The van der Waals surface area contributed by atoms with Crippen molar-refractivity contribution in [3.05, 3.63) is 12.7 Å². The molecule has 1 aliphatic carbocycles. The van der Waals surface area contributed by atoms with E-state index >= 15 is 0 Å². The van der Waals surface area contributed by atoms with Gasteiger partial charge in [-0.15, -0.1) is 34.2 Å². The van der Waals surface area contributed by atoms with Crippen molar-refractivity contribution >= 4 is 29.9 Å². The van der Waals surface area contributed by atoms with Crippen LogP contribution < -0.4 is 10.6 Å². The van der Waals surface area contributed by atoms with Crippen molar-refractivity contribution in [2.75, 3.05) is 13.1 Å². The lowest BCUT2D eigenvalue weighted by Gasteiger charge is -2.24. The van der Waals surface area contributed by atoms with Gasteiger partial charge in [0.2, 0.25) is 0 Å². The molecule has 1 atom stereocenters. The average molecular weight is 476 g/mol. The predicted molar refractivity (Wildman–Crippen MR) is 119 cm³/mol. The van der Waals surface area contributed by atoms with Gasteiger partial charge in [-0.25, -0.2) is 0 Å². The zero-order valence-corrected chi connectivity index (χ0v) is 18.8. The zero-order chi connectivity index (χ0) is 17.7. The summed E-state index contributed by atoms with van der Waals surface area (Å²) in [6, 6.07) is 0.483. The van der Waals surface area contributed by atoms with Crippen LogP contribution in [0.3, 0.4) is 0 Å². The van der Waals surface area contributed by atoms with Gasteiger partial charge < -0.3 is 15.2 Å². The van der Waals surface area contributed by atoms with Gasteiger partial charge in [0.25, 0.3) is 0 Å². The van der Waals surface area contributed by atoms with Crippen LogP contribution in [-0.2, 0) is 6.54 Å². The summed E-state index contributed by atoms with van der Waals surface area (Å²) in [4.78, 5) is 4.72. The van der Waals surface area contributed by atoms with Crippen LogP contribution in [0.5, 0.6) is 0 Å². The molecule has 0 radical (unpaired) electrons. The minimum absolute atomic E-state index is 0. The summed E-state index contributed by atoms with van der Waals surface area (Å²) in [6.45, 7) is 7.12. The molecular formula is C19H37IN6. The average Bonchev–Trinajstić information content (AvgIpc) is 3.14. The third-order valence-electron chi connectivity index (χ3n) is 5.02. The van der Waals surface area contributed by atoms with Crippen LogP contribution in [0.15, 0.2) is 17.6 Å². The van der Waals surface area contributed by atoms with Crippen LogP contribution in [-0.4, -0.2) is 39.9 Å². The first-order chi connectivity index (χ1) is 12.3. The molecular weight excluding hydrogens is 439 g/mol. The van der Waals surface area contributed by atoms with Crippen LogP contribution >= 0.6 is 24.0 Å². The highest BCUT2D eigenvalue weighted by molar-refractivity contribution is 14.0. The van der Waals surface area contributed by atoms with Crippen molar-refractivity contribution < 1.29 is 0 Å². The molecule has 1 aromatic rings. The number of aliphatic imine (C=N–C) groups is 1. The lowest BCUT2D eigenvalue weighted by atomic mass is 9.85. The van der Waals surface area contributed by atoms with Crippen LogP contribution in [0.2, 0.25) is 0 Å². The number of hydrogen-bond acceptors (Lipinski definition) is 3. The normalized spacial score (nSPS) is 16.8. The van der Waals surface area contributed by atoms with Crippen molar-refractivity contribution in [2.45, 2.75) is 84.2 Å². The largest absolute Gasteiger partial charge is 0.357 e. The number of unbranched alkanes of at least 4 members (excludes halogenated alkanes) is 1.